The van der Waals surface area contributed by atoms with Crippen LogP contribution in [0.25, 0.3) is 0 Å². The van der Waals surface area contributed by atoms with Crippen LogP contribution in [0.4, 0.5) is 10.5 Å². The van der Waals surface area contributed by atoms with Crippen LogP contribution in [0.3, 0.4) is 0 Å². The summed E-state index contributed by atoms with van der Waals surface area (Å²) in [5, 5.41) is 11.5. The number of hydrogen-bond donors (Lipinski definition) is 1. The molecule has 2 rings (SSSR count). The predicted octanol–water partition coefficient (Wildman–Crippen LogP) is 1.48. The number of rotatable bonds is 1. The number of benzene rings is 1. The van der Waals surface area contributed by atoms with E-state index in [1.807, 2.05) is 6.07 Å². The molecule has 1 fully saturated rings. The largest absolute Gasteiger partial charge is 0.338 e. The monoisotopic (exact) mass is 201 g/mol. The van der Waals surface area contributed by atoms with E-state index < -0.39 is 0 Å². The number of carbonyl (C=O) groups is 1. The summed E-state index contributed by atoms with van der Waals surface area (Å²) in [6, 6.07) is 9.06. The van der Waals surface area contributed by atoms with Crippen molar-refractivity contribution in [1.82, 2.24) is 5.32 Å². The second kappa shape index (κ2) is 4.01. The van der Waals surface area contributed by atoms with Crippen LogP contribution in [-0.2, 0) is 0 Å². The fourth-order valence-corrected chi connectivity index (χ4v) is 1.62. The molecule has 4 heteroatoms. The lowest BCUT2D eigenvalue weighted by molar-refractivity contribution is 0.243. The molecule has 15 heavy (non-hydrogen) atoms. The van der Waals surface area contributed by atoms with Crippen molar-refractivity contribution in [3.63, 3.8) is 0 Å². The summed E-state index contributed by atoms with van der Waals surface area (Å²) in [7, 11) is 0. The van der Waals surface area contributed by atoms with Gasteiger partial charge in [-0.15, -0.1) is 0 Å². The molecule has 1 aliphatic rings. The summed E-state index contributed by atoms with van der Waals surface area (Å²) >= 11 is 0. The van der Waals surface area contributed by atoms with E-state index in [4.69, 9.17) is 5.26 Å². The van der Waals surface area contributed by atoms with Crippen LogP contribution in [0.2, 0.25) is 0 Å². The van der Waals surface area contributed by atoms with Gasteiger partial charge < -0.3 is 5.32 Å². The quantitative estimate of drug-likeness (QED) is 0.748. The topological polar surface area (TPSA) is 56.1 Å². The van der Waals surface area contributed by atoms with E-state index in [1.165, 1.54) is 0 Å². The number of nitriles is 1. The van der Waals surface area contributed by atoms with E-state index >= 15 is 0 Å². The number of carbonyl (C=O) groups excluding carboxylic acids is 1. The SMILES string of the molecule is N#Cc1cccc(N2CCCNC2=O)c1. The van der Waals surface area contributed by atoms with Gasteiger partial charge in [0.25, 0.3) is 0 Å². The zero-order chi connectivity index (χ0) is 10.7. The lowest BCUT2D eigenvalue weighted by Crippen LogP contribution is -2.46. The average Bonchev–Trinajstić information content (AvgIpc) is 2.30. The Bertz CT molecular complexity index is 422. The van der Waals surface area contributed by atoms with Crippen LogP contribution >= 0.6 is 0 Å². The summed E-state index contributed by atoms with van der Waals surface area (Å²) < 4.78 is 0. The van der Waals surface area contributed by atoms with Gasteiger partial charge in [-0.25, -0.2) is 4.79 Å². The fourth-order valence-electron chi connectivity index (χ4n) is 1.62. The van der Waals surface area contributed by atoms with Gasteiger partial charge in [-0.2, -0.15) is 5.26 Å². The Kier molecular flexibility index (Phi) is 2.55. The Morgan fingerprint density at radius 3 is 3.07 bits per heavy atom. The van der Waals surface area contributed by atoms with Gasteiger partial charge >= 0.3 is 6.03 Å². The highest BCUT2D eigenvalue weighted by molar-refractivity contribution is 5.92. The maximum atomic E-state index is 11.5. The van der Waals surface area contributed by atoms with Crippen LogP contribution in [0, 0.1) is 11.3 Å². The Labute approximate surface area is 88.1 Å². The van der Waals surface area contributed by atoms with Crippen LogP contribution in [-0.4, -0.2) is 19.1 Å². The Morgan fingerprint density at radius 1 is 1.47 bits per heavy atom. The van der Waals surface area contributed by atoms with E-state index in [0.717, 1.165) is 18.7 Å². The fraction of sp³-hybridized carbons (Fsp3) is 0.273. The van der Waals surface area contributed by atoms with Crippen molar-refractivity contribution in [2.45, 2.75) is 6.42 Å². The predicted molar refractivity (Wildman–Crippen MR) is 56.5 cm³/mol. The van der Waals surface area contributed by atoms with Crippen molar-refractivity contribution in [1.29, 1.82) is 5.26 Å². The zero-order valence-corrected chi connectivity index (χ0v) is 8.23. The van der Waals surface area contributed by atoms with E-state index in [0.29, 0.717) is 12.1 Å². The third-order valence-electron chi connectivity index (χ3n) is 2.37. The molecule has 0 unspecified atom stereocenters. The van der Waals surface area contributed by atoms with Crippen LogP contribution in [0.15, 0.2) is 24.3 Å². The molecule has 0 spiro atoms. The number of urea groups is 1. The molecule has 1 saturated heterocycles. The minimum Gasteiger partial charge on any atom is -0.338 e. The third-order valence-corrected chi connectivity index (χ3v) is 2.37. The first-order chi connectivity index (χ1) is 7.31. The van der Waals surface area contributed by atoms with Gasteiger partial charge in [0.1, 0.15) is 0 Å². The highest BCUT2D eigenvalue weighted by atomic mass is 16.2. The van der Waals surface area contributed by atoms with Gasteiger partial charge in [0, 0.05) is 18.8 Å². The molecule has 0 aromatic heterocycles. The maximum absolute atomic E-state index is 11.5. The standard InChI is InChI=1S/C11H11N3O/c12-8-9-3-1-4-10(7-9)14-6-2-5-13-11(14)15/h1,3-4,7H,2,5-6H2,(H,13,15). The molecule has 4 nitrogen and oxygen atoms in total. The normalized spacial score (nSPS) is 15.7. The molecule has 0 aliphatic carbocycles. The minimum atomic E-state index is -0.0867. The van der Waals surface area contributed by atoms with Gasteiger partial charge in [0.05, 0.1) is 11.6 Å². The smallest absolute Gasteiger partial charge is 0.321 e. The van der Waals surface area contributed by atoms with Gasteiger partial charge in [-0.1, -0.05) is 6.07 Å². The molecule has 1 aromatic carbocycles. The molecule has 0 atom stereocenters. The molecular weight excluding hydrogens is 190 g/mol. The van der Waals surface area contributed by atoms with Crippen molar-refractivity contribution < 1.29 is 4.79 Å². The maximum Gasteiger partial charge on any atom is 0.321 e. The summed E-state index contributed by atoms with van der Waals surface area (Å²) in [5.41, 5.74) is 1.36. The van der Waals surface area contributed by atoms with Crippen molar-refractivity contribution in [3.8, 4) is 6.07 Å². The lowest BCUT2D eigenvalue weighted by atomic mass is 10.2. The van der Waals surface area contributed by atoms with Crippen LogP contribution in [0.5, 0.6) is 0 Å². The second-order valence-corrected chi connectivity index (χ2v) is 3.40. The third kappa shape index (κ3) is 1.91. The Morgan fingerprint density at radius 2 is 2.33 bits per heavy atom. The van der Waals surface area contributed by atoms with Crippen molar-refractivity contribution in [2.75, 3.05) is 18.0 Å². The number of amides is 2. The van der Waals surface area contributed by atoms with E-state index in [9.17, 15) is 4.79 Å². The first-order valence-electron chi connectivity index (χ1n) is 4.87. The summed E-state index contributed by atoms with van der Waals surface area (Å²) in [4.78, 5) is 13.2. The zero-order valence-electron chi connectivity index (χ0n) is 8.23. The lowest BCUT2D eigenvalue weighted by Gasteiger charge is -2.27. The van der Waals surface area contributed by atoms with Crippen molar-refractivity contribution >= 4 is 11.7 Å². The minimum absolute atomic E-state index is 0.0867. The highest BCUT2D eigenvalue weighted by Gasteiger charge is 2.18. The highest BCUT2D eigenvalue weighted by Crippen LogP contribution is 2.17. The van der Waals surface area contributed by atoms with Crippen molar-refractivity contribution in [2.24, 2.45) is 0 Å². The first kappa shape index (κ1) is 9.53. The molecule has 1 aliphatic heterocycles. The van der Waals surface area contributed by atoms with E-state index in [-0.39, 0.29) is 6.03 Å². The molecule has 0 saturated carbocycles. The molecule has 0 bridgehead atoms. The van der Waals surface area contributed by atoms with Crippen LogP contribution < -0.4 is 10.2 Å². The molecule has 1 N–H and O–H groups in total. The first-order valence-corrected chi connectivity index (χ1v) is 4.87. The molecule has 76 valence electrons. The summed E-state index contributed by atoms with van der Waals surface area (Å²) in [6.45, 7) is 1.44. The summed E-state index contributed by atoms with van der Waals surface area (Å²) in [6.07, 6.45) is 0.933. The van der Waals surface area contributed by atoms with Crippen molar-refractivity contribution in [3.05, 3.63) is 29.8 Å². The second-order valence-electron chi connectivity index (χ2n) is 3.40. The Balaban J connectivity index is 2.28. The number of nitrogens with one attached hydrogen (secondary N) is 1. The molecular formula is C11H11N3O. The number of nitrogens with zero attached hydrogens (tertiary/aromatic N) is 2. The molecule has 2 amide bonds. The van der Waals surface area contributed by atoms with Gasteiger partial charge in [-0.3, -0.25) is 4.90 Å². The molecule has 0 radical (unpaired) electrons. The molecule has 1 heterocycles. The summed E-state index contributed by atoms with van der Waals surface area (Å²) in [5.74, 6) is 0. The number of anilines is 1. The van der Waals surface area contributed by atoms with Crippen LogP contribution in [0.1, 0.15) is 12.0 Å². The van der Waals surface area contributed by atoms with E-state index in [1.54, 1.807) is 23.1 Å². The van der Waals surface area contributed by atoms with Gasteiger partial charge in [-0.05, 0) is 24.6 Å². The molecule has 1 aromatic rings. The Hall–Kier alpha value is -2.02. The average molecular weight is 201 g/mol. The number of hydrogen-bond acceptors (Lipinski definition) is 2. The van der Waals surface area contributed by atoms with Gasteiger partial charge in [0.2, 0.25) is 0 Å². The van der Waals surface area contributed by atoms with Gasteiger partial charge in [0.15, 0.2) is 0 Å². The van der Waals surface area contributed by atoms with E-state index in [2.05, 4.69) is 11.4 Å².